The first-order valence-electron chi connectivity index (χ1n) is 15.2. The Bertz CT molecular complexity index is 1470. The van der Waals surface area contributed by atoms with Crippen molar-refractivity contribution in [2.24, 2.45) is 11.5 Å². The highest BCUT2D eigenvalue weighted by Crippen LogP contribution is 2.67. The van der Waals surface area contributed by atoms with Crippen LogP contribution in [0.2, 0.25) is 18.1 Å². The lowest BCUT2D eigenvalue weighted by Gasteiger charge is -2.62. The molecule has 13 nitrogen and oxygen atoms in total. The Balaban J connectivity index is 1.66. The van der Waals surface area contributed by atoms with Crippen LogP contribution in [-0.2, 0) is 40.5 Å². The Morgan fingerprint density at radius 1 is 1.09 bits per heavy atom. The zero-order valence-electron chi connectivity index (χ0n) is 26.5. The van der Waals surface area contributed by atoms with Gasteiger partial charge in [0, 0.05) is 12.0 Å². The highest BCUT2D eigenvalue weighted by Gasteiger charge is 2.74. The maximum absolute atomic E-state index is 13.4. The molecule has 6 N–H and O–H groups in total. The van der Waals surface area contributed by atoms with Gasteiger partial charge in [0.1, 0.15) is 29.2 Å². The van der Waals surface area contributed by atoms with Crippen LogP contribution < -0.4 is 20.6 Å². The number of nitrogens with zero attached hydrogens (tertiary/aromatic N) is 1. The second kappa shape index (κ2) is 11.1. The van der Waals surface area contributed by atoms with E-state index in [1.165, 1.54) is 0 Å². The summed E-state index contributed by atoms with van der Waals surface area (Å²) in [6, 6.07) is 0.721. The van der Waals surface area contributed by atoms with Crippen LogP contribution in [-0.4, -0.2) is 90.7 Å². The molecular formula is C31H43N3O10Si. The number of aliphatic carboxylic acids is 2. The zero-order chi connectivity index (χ0) is 33.3. The van der Waals surface area contributed by atoms with Gasteiger partial charge in [-0.3, -0.25) is 24.1 Å². The molecule has 2 bridgehead atoms. The second-order valence-electron chi connectivity index (χ2n) is 14.2. The van der Waals surface area contributed by atoms with Gasteiger partial charge < -0.3 is 40.3 Å². The van der Waals surface area contributed by atoms with Gasteiger partial charge in [0.25, 0.3) is 8.32 Å². The number of benzene rings is 1. The molecule has 1 spiro atoms. The number of hydrogen-bond acceptors (Lipinski definition) is 11. The van der Waals surface area contributed by atoms with Crippen molar-refractivity contribution in [1.82, 2.24) is 4.90 Å². The summed E-state index contributed by atoms with van der Waals surface area (Å²) < 4.78 is 25.8. The number of carbonyl (C=O) groups excluding carboxylic acids is 2. The summed E-state index contributed by atoms with van der Waals surface area (Å²) in [4.78, 5) is 51.3. The quantitative estimate of drug-likeness (QED) is 0.213. The lowest BCUT2D eigenvalue weighted by Crippen LogP contribution is -2.75. The van der Waals surface area contributed by atoms with Crippen molar-refractivity contribution in [1.29, 1.82) is 0 Å². The number of likely N-dealkylation sites (N-methyl/N-ethyl adjacent to an activating group) is 1. The van der Waals surface area contributed by atoms with Crippen LogP contribution in [0.5, 0.6) is 11.5 Å². The number of carbonyl (C=O) groups is 4. The van der Waals surface area contributed by atoms with Crippen LogP contribution in [0.3, 0.4) is 0 Å². The third-order valence-electron chi connectivity index (χ3n) is 10.4. The van der Waals surface area contributed by atoms with Crippen LogP contribution in [0.1, 0.15) is 57.6 Å². The fraction of sp³-hybridized carbons (Fsp3) is 0.613. The summed E-state index contributed by atoms with van der Waals surface area (Å²) in [7, 11) is -0.405. The Labute approximate surface area is 262 Å². The Kier molecular flexibility index (Phi) is 8.12. The number of ether oxygens (including phenoxy) is 3. The monoisotopic (exact) mass is 645 g/mol. The smallest absolute Gasteiger partial charge is 0.321 e. The molecule has 1 aromatic rings. The largest absolute Gasteiger partial charge is 0.541 e. The van der Waals surface area contributed by atoms with Crippen LogP contribution >= 0.6 is 0 Å². The molecule has 1 saturated heterocycles. The topological polar surface area (TPSA) is 201 Å². The fourth-order valence-electron chi connectivity index (χ4n) is 7.06. The molecular weight excluding hydrogens is 602 g/mol. The molecule has 5 rings (SSSR count). The van der Waals surface area contributed by atoms with E-state index in [0.717, 1.165) is 11.1 Å². The Morgan fingerprint density at radius 3 is 2.31 bits per heavy atom. The third kappa shape index (κ3) is 5.21. The van der Waals surface area contributed by atoms with E-state index in [1.54, 1.807) is 6.08 Å². The number of carboxylic acids is 2. The first-order valence-corrected chi connectivity index (χ1v) is 18.1. The van der Waals surface area contributed by atoms with Gasteiger partial charge in [-0.1, -0.05) is 26.8 Å². The molecule has 2 aliphatic carbocycles. The number of esters is 2. The summed E-state index contributed by atoms with van der Waals surface area (Å²) in [6.07, 6.45) is 0.753. The first kappa shape index (κ1) is 32.9. The zero-order valence-corrected chi connectivity index (χ0v) is 27.5. The number of rotatable bonds is 10. The average molecular weight is 646 g/mol. The van der Waals surface area contributed by atoms with Gasteiger partial charge in [0.05, 0.1) is 24.3 Å². The molecule has 2 aliphatic heterocycles. The third-order valence-corrected chi connectivity index (χ3v) is 14.7. The molecule has 0 radical (unpaired) electrons. The van der Waals surface area contributed by atoms with E-state index >= 15 is 0 Å². The van der Waals surface area contributed by atoms with Gasteiger partial charge in [0.15, 0.2) is 11.9 Å². The molecule has 0 amide bonds. The lowest BCUT2D eigenvalue weighted by molar-refractivity contribution is -0.206. The number of nitrogens with two attached hydrogens (primary N) is 2. The highest BCUT2D eigenvalue weighted by atomic mass is 28.4. The number of hydrogen-bond donors (Lipinski definition) is 4. The summed E-state index contributed by atoms with van der Waals surface area (Å²) >= 11 is 0. The van der Waals surface area contributed by atoms with E-state index in [2.05, 4.69) is 38.8 Å². The minimum Gasteiger partial charge on any atom is -0.541 e. The minimum atomic E-state index is -2.36. The van der Waals surface area contributed by atoms with Crippen LogP contribution in [0.25, 0.3) is 0 Å². The van der Waals surface area contributed by atoms with Gasteiger partial charge >= 0.3 is 23.9 Å². The van der Waals surface area contributed by atoms with E-state index in [9.17, 15) is 29.4 Å². The summed E-state index contributed by atoms with van der Waals surface area (Å²) in [5.41, 5.74) is 10.9. The van der Waals surface area contributed by atoms with Crippen molar-refractivity contribution in [2.45, 2.75) is 106 Å². The van der Waals surface area contributed by atoms with Gasteiger partial charge in [-0.05, 0) is 62.3 Å². The minimum absolute atomic E-state index is 0.121. The second-order valence-corrected chi connectivity index (χ2v) is 18.9. The van der Waals surface area contributed by atoms with E-state index in [0.29, 0.717) is 30.9 Å². The molecule has 246 valence electrons. The van der Waals surface area contributed by atoms with Gasteiger partial charge in [-0.2, -0.15) is 0 Å². The molecule has 0 aromatic heterocycles. The van der Waals surface area contributed by atoms with E-state index in [-0.39, 0.29) is 23.3 Å². The molecule has 0 saturated carbocycles. The van der Waals surface area contributed by atoms with Crippen molar-refractivity contribution in [2.75, 3.05) is 13.6 Å². The molecule has 2 heterocycles. The molecule has 6 atom stereocenters. The van der Waals surface area contributed by atoms with Crippen molar-refractivity contribution in [3.63, 3.8) is 0 Å². The molecule has 45 heavy (non-hydrogen) atoms. The molecule has 1 aromatic carbocycles. The first-order chi connectivity index (χ1) is 20.8. The SMILES string of the molecule is CN1CC[C@]23c4c5ccc(O[Si](C)(C)C(C)(C)C)c4O[C@H]2C(OC(=O)CC(N)C(=O)O)=CC[C@@]3(OC(=O)CC(N)C(=O)O)[C@H]1C5. The van der Waals surface area contributed by atoms with Gasteiger partial charge in [-0.15, -0.1) is 0 Å². The van der Waals surface area contributed by atoms with Gasteiger partial charge in [-0.25, -0.2) is 0 Å². The van der Waals surface area contributed by atoms with E-state index < -0.39 is 74.2 Å². The van der Waals surface area contributed by atoms with E-state index in [4.69, 9.17) is 30.1 Å². The molecule has 1 fully saturated rings. The van der Waals surface area contributed by atoms with E-state index in [1.807, 2.05) is 19.2 Å². The maximum Gasteiger partial charge on any atom is 0.321 e. The average Bonchev–Trinajstić information content (AvgIpc) is 3.28. The molecule has 4 aliphatic rings. The van der Waals surface area contributed by atoms with Crippen molar-refractivity contribution in [3.05, 3.63) is 35.1 Å². The summed E-state index contributed by atoms with van der Waals surface area (Å²) in [6.45, 7) is 11.3. The van der Waals surface area contributed by atoms with Crippen molar-refractivity contribution < 1.29 is 48.0 Å². The van der Waals surface area contributed by atoms with Crippen molar-refractivity contribution >= 4 is 32.2 Å². The van der Waals surface area contributed by atoms with Crippen LogP contribution in [0, 0.1) is 0 Å². The van der Waals surface area contributed by atoms with Crippen LogP contribution in [0.4, 0.5) is 0 Å². The predicted octanol–water partition coefficient (Wildman–Crippen LogP) is 2.05. The summed E-state index contributed by atoms with van der Waals surface area (Å²) in [5.74, 6) is -3.01. The lowest BCUT2D eigenvalue weighted by atomic mass is 9.50. The summed E-state index contributed by atoms with van der Waals surface area (Å²) in [5, 5.41) is 18.5. The molecule has 14 heteroatoms. The molecule has 2 unspecified atom stereocenters. The van der Waals surface area contributed by atoms with Gasteiger partial charge in [0.2, 0.25) is 0 Å². The van der Waals surface area contributed by atoms with Crippen LogP contribution in [0.15, 0.2) is 24.0 Å². The number of piperidine rings is 1. The Hall–Kier alpha value is -3.46. The normalized spacial score (nSPS) is 28.1. The Morgan fingerprint density at radius 2 is 1.71 bits per heavy atom. The van der Waals surface area contributed by atoms with Crippen molar-refractivity contribution in [3.8, 4) is 11.5 Å². The predicted molar refractivity (Wildman–Crippen MR) is 163 cm³/mol. The number of likely N-dealkylation sites (tertiary alicyclic amines) is 1. The standard InChI is InChI=1S/C31H43N3O10Si/c1-29(2,3)45(5,6)44-19-8-7-16-13-21-31(43-23(36)15-18(33)28(39)40)10-9-20(41-22(35)14-17(32)27(37)38)26-30(31,11-12-34(21)4)24(16)25(19)42-26/h7-9,17-18,21,26H,10-15,32-33H2,1-6H3,(H,37,38)(H,39,40)/t17?,18?,21-,26+,30+,31-/m1/s1. The fourth-order valence-corrected chi connectivity index (χ4v) is 8.07. The highest BCUT2D eigenvalue weighted by molar-refractivity contribution is 6.74. The maximum atomic E-state index is 13.4. The number of carboxylic acid groups (broad SMARTS) is 2.